The summed E-state index contributed by atoms with van der Waals surface area (Å²) >= 11 is 1.50. The zero-order chi connectivity index (χ0) is 21.3. The number of rotatable bonds is 5. The third-order valence-corrected chi connectivity index (χ3v) is 6.32. The van der Waals surface area contributed by atoms with E-state index in [4.69, 9.17) is 9.72 Å². The normalized spacial score (nSPS) is 18.1. The molecule has 2 aromatic heterocycles. The number of ether oxygens (including phenoxy) is 1. The van der Waals surface area contributed by atoms with E-state index in [1.54, 1.807) is 19.9 Å². The molecule has 0 amide bonds. The summed E-state index contributed by atoms with van der Waals surface area (Å²) in [6.07, 6.45) is -4.38. The monoisotopic (exact) mass is 435 g/mol. The highest BCUT2D eigenvalue weighted by Gasteiger charge is 2.30. The first-order valence-corrected chi connectivity index (χ1v) is 10.8. The average molecular weight is 436 g/mol. The Morgan fingerprint density at radius 3 is 2.70 bits per heavy atom. The van der Waals surface area contributed by atoms with Crippen LogP contribution in [0.1, 0.15) is 28.1 Å². The van der Waals surface area contributed by atoms with Crippen molar-refractivity contribution in [1.82, 2.24) is 14.5 Å². The van der Waals surface area contributed by atoms with E-state index >= 15 is 0 Å². The van der Waals surface area contributed by atoms with Crippen LogP contribution in [0, 0.1) is 13.8 Å². The Kier molecular flexibility index (Phi) is 5.99. The van der Waals surface area contributed by atoms with Crippen LogP contribution < -0.4 is 0 Å². The number of aryl methyl sites for hydroxylation is 1. The van der Waals surface area contributed by atoms with E-state index in [2.05, 4.69) is 17.0 Å². The van der Waals surface area contributed by atoms with Gasteiger partial charge in [0.15, 0.2) is 0 Å². The van der Waals surface area contributed by atoms with E-state index in [-0.39, 0.29) is 6.10 Å². The minimum atomic E-state index is -4.25. The molecule has 0 saturated carbocycles. The molecule has 1 atom stereocenters. The lowest BCUT2D eigenvalue weighted by atomic mass is 10.2. The molecule has 160 valence electrons. The van der Waals surface area contributed by atoms with Crippen LogP contribution in [0.25, 0.3) is 11.3 Å². The van der Waals surface area contributed by atoms with Gasteiger partial charge in [0.25, 0.3) is 0 Å². The molecular weight excluding hydrogens is 411 g/mol. The van der Waals surface area contributed by atoms with Gasteiger partial charge in [-0.05, 0) is 25.5 Å². The number of benzene rings is 1. The van der Waals surface area contributed by atoms with Gasteiger partial charge in [0.2, 0.25) is 0 Å². The van der Waals surface area contributed by atoms with E-state index in [1.165, 1.54) is 21.5 Å². The molecule has 0 radical (unpaired) electrons. The highest BCUT2D eigenvalue weighted by atomic mass is 32.1. The molecule has 4 nitrogen and oxygen atoms in total. The summed E-state index contributed by atoms with van der Waals surface area (Å²) in [6, 6.07) is 12.1. The molecule has 8 heteroatoms. The molecular formula is C22H24F3N3OS. The number of halogens is 3. The number of alkyl halides is 3. The van der Waals surface area contributed by atoms with Crippen LogP contribution in [0.5, 0.6) is 0 Å². The quantitative estimate of drug-likeness (QED) is 0.540. The first-order chi connectivity index (χ1) is 14.3. The maximum absolute atomic E-state index is 12.9. The smallest absolute Gasteiger partial charge is 0.368 e. The van der Waals surface area contributed by atoms with E-state index in [9.17, 15) is 13.2 Å². The van der Waals surface area contributed by atoms with Crippen molar-refractivity contribution >= 4 is 11.3 Å². The number of thiazole rings is 1. The van der Waals surface area contributed by atoms with Crippen molar-refractivity contribution in [3.8, 4) is 11.3 Å². The van der Waals surface area contributed by atoms with Crippen molar-refractivity contribution in [3.63, 3.8) is 0 Å². The Hall–Kier alpha value is -2.16. The topological polar surface area (TPSA) is 30.3 Å². The molecule has 1 aliphatic heterocycles. The van der Waals surface area contributed by atoms with Crippen molar-refractivity contribution in [3.05, 3.63) is 63.7 Å². The average Bonchev–Trinajstić information content (AvgIpc) is 3.29. The van der Waals surface area contributed by atoms with Gasteiger partial charge in [-0.25, -0.2) is 4.98 Å². The van der Waals surface area contributed by atoms with E-state index < -0.39 is 12.7 Å². The van der Waals surface area contributed by atoms with Gasteiger partial charge < -0.3 is 9.30 Å². The van der Waals surface area contributed by atoms with Gasteiger partial charge in [-0.3, -0.25) is 4.90 Å². The predicted octanol–water partition coefficient (Wildman–Crippen LogP) is 5.36. The van der Waals surface area contributed by atoms with Crippen LogP contribution in [-0.4, -0.2) is 40.3 Å². The number of nitrogens with zero attached hydrogens (tertiary/aromatic N) is 3. The molecule has 1 aromatic carbocycles. The summed E-state index contributed by atoms with van der Waals surface area (Å²) in [5, 5.41) is 2.78. The van der Waals surface area contributed by atoms with Gasteiger partial charge in [-0.15, -0.1) is 11.3 Å². The van der Waals surface area contributed by atoms with Crippen molar-refractivity contribution in [2.45, 2.75) is 39.2 Å². The Labute approximate surface area is 177 Å². The maximum Gasteiger partial charge on any atom is 0.406 e. The number of hydrogen-bond donors (Lipinski definition) is 0. The lowest BCUT2D eigenvalue weighted by Gasteiger charge is -2.32. The van der Waals surface area contributed by atoms with Gasteiger partial charge in [0.1, 0.15) is 17.7 Å². The summed E-state index contributed by atoms with van der Waals surface area (Å²) < 4.78 is 45.9. The molecule has 4 rings (SSSR count). The third kappa shape index (κ3) is 4.77. The zero-order valence-electron chi connectivity index (χ0n) is 16.9. The second-order valence-corrected chi connectivity index (χ2v) is 8.53. The molecule has 1 fully saturated rings. The zero-order valence-corrected chi connectivity index (χ0v) is 17.8. The second kappa shape index (κ2) is 8.53. The highest BCUT2D eigenvalue weighted by Crippen LogP contribution is 2.33. The van der Waals surface area contributed by atoms with Crippen LogP contribution in [0.3, 0.4) is 0 Å². The van der Waals surface area contributed by atoms with Crippen molar-refractivity contribution in [1.29, 1.82) is 0 Å². The Bertz CT molecular complexity index is 997. The summed E-state index contributed by atoms with van der Waals surface area (Å²) in [7, 11) is 0. The fourth-order valence-electron chi connectivity index (χ4n) is 3.88. The number of hydrogen-bond acceptors (Lipinski definition) is 4. The summed E-state index contributed by atoms with van der Waals surface area (Å²) in [5.74, 6) is 0. The van der Waals surface area contributed by atoms with Crippen LogP contribution in [-0.2, 0) is 17.8 Å². The minimum Gasteiger partial charge on any atom is -0.368 e. The Morgan fingerprint density at radius 2 is 1.97 bits per heavy atom. The largest absolute Gasteiger partial charge is 0.406 e. The Balaban J connectivity index is 1.49. The molecule has 0 bridgehead atoms. The van der Waals surface area contributed by atoms with Crippen molar-refractivity contribution < 1.29 is 17.9 Å². The first kappa shape index (κ1) is 21.1. The third-order valence-electron chi connectivity index (χ3n) is 5.38. The summed E-state index contributed by atoms with van der Waals surface area (Å²) in [6.45, 7) is 5.52. The Morgan fingerprint density at radius 1 is 1.20 bits per heavy atom. The van der Waals surface area contributed by atoms with Crippen LogP contribution in [0.15, 0.2) is 41.8 Å². The highest BCUT2D eigenvalue weighted by molar-refractivity contribution is 7.10. The molecule has 0 N–H and O–H groups in total. The van der Waals surface area contributed by atoms with E-state index in [0.29, 0.717) is 23.7 Å². The molecule has 1 unspecified atom stereocenters. The molecule has 3 heterocycles. The maximum atomic E-state index is 12.9. The van der Waals surface area contributed by atoms with Crippen molar-refractivity contribution in [2.75, 3.05) is 19.7 Å². The number of aromatic nitrogens is 2. The fraction of sp³-hybridized carbons (Fsp3) is 0.409. The van der Waals surface area contributed by atoms with Crippen molar-refractivity contribution in [2.24, 2.45) is 0 Å². The first-order valence-electron chi connectivity index (χ1n) is 9.87. The molecule has 30 heavy (non-hydrogen) atoms. The SMILES string of the molecule is Cc1cc(-c2csc(C3CN(Cc4ccccc4)CCO3)n2)c(C)n1CC(F)(F)F. The number of morpholine rings is 1. The van der Waals surface area contributed by atoms with E-state index in [1.807, 2.05) is 23.6 Å². The standard InChI is InChI=1S/C22H24F3N3OS/c1-15-10-18(16(2)28(15)14-22(23,24)25)19-13-30-21(26-19)20-12-27(8-9-29-20)11-17-6-4-3-5-7-17/h3-7,10,13,20H,8-9,11-12,14H2,1-2H3. The molecule has 3 aromatic rings. The molecule has 0 spiro atoms. The molecule has 1 aliphatic rings. The minimum absolute atomic E-state index is 0.125. The summed E-state index contributed by atoms with van der Waals surface area (Å²) in [5.41, 5.74) is 3.88. The lowest BCUT2D eigenvalue weighted by molar-refractivity contribution is -0.141. The second-order valence-electron chi connectivity index (χ2n) is 7.64. The van der Waals surface area contributed by atoms with Gasteiger partial charge in [0, 0.05) is 42.0 Å². The fourth-order valence-corrected chi connectivity index (χ4v) is 4.74. The van der Waals surface area contributed by atoms with Gasteiger partial charge in [0.05, 0.1) is 12.3 Å². The molecule has 1 saturated heterocycles. The van der Waals surface area contributed by atoms with E-state index in [0.717, 1.165) is 30.2 Å². The van der Waals surface area contributed by atoms with Crippen LogP contribution in [0.4, 0.5) is 13.2 Å². The van der Waals surface area contributed by atoms with Crippen LogP contribution in [0.2, 0.25) is 0 Å². The van der Waals surface area contributed by atoms with Gasteiger partial charge >= 0.3 is 6.18 Å². The van der Waals surface area contributed by atoms with Crippen LogP contribution >= 0.6 is 11.3 Å². The lowest BCUT2D eigenvalue weighted by Crippen LogP contribution is -2.37. The van der Waals surface area contributed by atoms with Gasteiger partial charge in [-0.2, -0.15) is 13.2 Å². The predicted molar refractivity (Wildman–Crippen MR) is 111 cm³/mol. The molecule has 0 aliphatic carbocycles. The van der Waals surface area contributed by atoms with Gasteiger partial charge in [-0.1, -0.05) is 30.3 Å². The summed E-state index contributed by atoms with van der Waals surface area (Å²) in [4.78, 5) is 7.08.